The lowest BCUT2D eigenvalue weighted by Crippen LogP contribution is -1.95. The molecule has 0 saturated heterocycles. The molecule has 1 heteroatoms. The highest BCUT2D eigenvalue weighted by atomic mass is 14.9. The fourth-order valence-corrected chi connectivity index (χ4v) is 2.14. The zero-order chi connectivity index (χ0) is 10.1. The number of anilines is 1. The van der Waals surface area contributed by atoms with Crippen molar-refractivity contribution in [3.05, 3.63) is 34.9 Å². The molecule has 2 rings (SSSR count). The van der Waals surface area contributed by atoms with E-state index in [2.05, 4.69) is 44.3 Å². The summed E-state index contributed by atoms with van der Waals surface area (Å²) in [7, 11) is 0. The van der Waals surface area contributed by atoms with Crippen molar-refractivity contribution in [2.45, 2.75) is 27.2 Å². The normalized spacial score (nSPS) is 16.9. The SMILES string of the molecule is C/C=C1/CNc2c(CC)cc(C)cc21. The predicted octanol–water partition coefficient (Wildman–Crippen LogP) is 3.39. The average Bonchev–Trinajstić information content (AvgIpc) is 2.59. The van der Waals surface area contributed by atoms with Crippen LogP contribution in [-0.4, -0.2) is 6.54 Å². The average molecular weight is 187 g/mol. The van der Waals surface area contributed by atoms with Crippen LogP contribution >= 0.6 is 0 Å². The predicted molar refractivity (Wildman–Crippen MR) is 62.7 cm³/mol. The summed E-state index contributed by atoms with van der Waals surface area (Å²) >= 11 is 0. The fraction of sp³-hybridized carbons (Fsp3) is 0.385. The van der Waals surface area contributed by atoms with E-state index in [0.717, 1.165) is 13.0 Å². The van der Waals surface area contributed by atoms with E-state index in [-0.39, 0.29) is 0 Å². The van der Waals surface area contributed by atoms with Gasteiger partial charge in [-0.25, -0.2) is 0 Å². The molecule has 0 saturated carbocycles. The van der Waals surface area contributed by atoms with Gasteiger partial charge in [0.2, 0.25) is 0 Å². The second-order valence-corrected chi connectivity index (χ2v) is 3.87. The number of aryl methyl sites for hydroxylation is 2. The first-order chi connectivity index (χ1) is 6.76. The molecule has 0 aromatic heterocycles. The molecular formula is C13H17N. The molecule has 0 bridgehead atoms. The van der Waals surface area contributed by atoms with E-state index in [4.69, 9.17) is 0 Å². The van der Waals surface area contributed by atoms with Gasteiger partial charge < -0.3 is 5.32 Å². The minimum Gasteiger partial charge on any atom is -0.380 e. The second-order valence-electron chi connectivity index (χ2n) is 3.87. The summed E-state index contributed by atoms with van der Waals surface area (Å²) in [4.78, 5) is 0. The molecule has 0 radical (unpaired) electrons. The summed E-state index contributed by atoms with van der Waals surface area (Å²) in [5.41, 5.74) is 6.99. The number of nitrogens with one attached hydrogen (secondary N) is 1. The number of rotatable bonds is 1. The van der Waals surface area contributed by atoms with E-state index in [1.54, 1.807) is 0 Å². The van der Waals surface area contributed by atoms with E-state index < -0.39 is 0 Å². The Morgan fingerprint density at radius 2 is 2.21 bits per heavy atom. The summed E-state index contributed by atoms with van der Waals surface area (Å²) < 4.78 is 0. The molecule has 1 aromatic rings. The summed E-state index contributed by atoms with van der Waals surface area (Å²) in [5, 5.41) is 3.48. The van der Waals surface area contributed by atoms with Crippen LogP contribution in [0.25, 0.3) is 5.57 Å². The molecule has 0 fully saturated rings. The Morgan fingerprint density at radius 3 is 2.86 bits per heavy atom. The zero-order valence-electron chi connectivity index (χ0n) is 9.15. The number of benzene rings is 1. The van der Waals surface area contributed by atoms with Crippen LogP contribution in [0.1, 0.15) is 30.5 Å². The first-order valence-corrected chi connectivity index (χ1v) is 5.29. The van der Waals surface area contributed by atoms with Crippen molar-refractivity contribution in [2.24, 2.45) is 0 Å². The van der Waals surface area contributed by atoms with Gasteiger partial charge in [0.15, 0.2) is 0 Å². The highest BCUT2D eigenvalue weighted by Gasteiger charge is 2.17. The van der Waals surface area contributed by atoms with Crippen LogP contribution in [0.4, 0.5) is 5.69 Å². The molecule has 0 spiro atoms. The van der Waals surface area contributed by atoms with Crippen molar-refractivity contribution in [3.8, 4) is 0 Å². The van der Waals surface area contributed by atoms with Crippen molar-refractivity contribution >= 4 is 11.3 Å². The Kier molecular flexibility index (Phi) is 2.32. The van der Waals surface area contributed by atoms with Gasteiger partial charge in [-0.3, -0.25) is 0 Å². The van der Waals surface area contributed by atoms with Crippen molar-refractivity contribution in [3.63, 3.8) is 0 Å². The standard InChI is InChI=1S/C13H17N/c1-4-10-6-9(3)7-12-11(5-2)8-14-13(10)12/h5-7,14H,4,8H2,1-3H3/b11-5-. The quantitative estimate of drug-likeness (QED) is 0.710. The number of hydrogen-bond donors (Lipinski definition) is 1. The highest BCUT2D eigenvalue weighted by Crippen LogP contribution is 2.34. The van der Waals surface area contributed by atoms with E-state index in [0.29, 0.717) is 0 Å². The van der Waals surface area contributed by atoms with Crippen LogP contribution in [0.2, 0.25) is 0 Å². The third kappa shape index (κ3) is 1.33. The smallest absolute Gasteiger partial charge is 0.0452 e. The molecule has 0 atom stereocenters. The van der Waals surface area contributed by atoms with Gasteiger partial charge in [-0.2, -0.15) is 0 Å². The molecule has 0 amide bonds. The molecule has 1 aliphatic rings. The molecule has 14 heavy (non-hydrogen) atoms. The van der Waals surface area contributed by atoms with Crippen molar-refractivity contribution < 1.29 is 0 Å². The van der Waals surface area contributed by atoms with Gasteiger partial charge in [-0.1, -0.05) is 24.6 Å². The van der Waals surface area contributed by atoms with Crippen LogP contribution in [-0.2, 0) is 6.42 Å². The van der Waals surface area contributed by atoms with Crippen molar-refractivity contribution in [1.82, 2.24) is 0 Å². The summed E-state index contributed by atoms with van der Waals surface area (Å²) in [6, 6.07) is 4.56. The summed E-state index contributed by atoms with van der Waals surface area (Å²) in [6.45, 7) is 7.48. The molecule has 1 aliphatic heterocycles. The Morgan fingerprint density at radius 1 is 1.43 bits per heavy atom. The Bertz CT molecular complexity index is 388. The van der Waals surface area contributed by atoms with Crippen LogP contribution < -0.4 is 5.32 Å². The Hall–Kier alpha value is -1.24. The lowest BCUT2D eigenvalue weighted by molar-refractivity contribution is 1.13. The first kappa shape index (κ1) is 9.32. The lowest BCUT2D eigenvalue weighted by atomic mass is 9.99. The molecule has 1 heterocycles. The molecule has 0 unspecified atom stereocenters. The maximum atomic E-state index is 3.48. The largest absolute Gasteiger partial charge is 0.380 e. The molecule has 1 aromatic carbocycles. The van der Waals surface area contributed by atoms with Gasteiger partial charge in [0.1, 0.15) is 0 Å². The maximum absolute atomic E-state index is 3.48. The van der Waals surface area contributed by atoms with Crippen LogP contribution in [0.15, 0.2) is 18.2 Å². The second kappa shape index (κ2) is 3.49. The minimum atomic E-state index is 0.988. The van der Waals surface area contributed by atoms with Gasteiger partial charge >= 0.3 is 0 Å². The molecule has 1 nitrogen and oxygen atoms in total. The van der Waals surface area contributed by atoms with Crippen molar-refractivity contribution in [1.29, 1.82) is 0 Å². The molecule has 1 N–H and O–H groups in total. The third-order valence-corrected chi connectivity index (χ3v) is 2.90. The van der Waals surface area contributed by atoms with Gasteiger partial charge in [0.05, 0.1) is 0 Å². The number of allylic oxidation sites excluding steroid dienone is 1. The van der Waals surface area contributed by atoms with E-state index in [1.807, 2.05) is 0 Å². The van der Waals surface area contributed by atoms with E-state index >= 15 is 0 Å². The highest BCUT2D eigenvalue weighted by molar-refractivity contribution is 5.86. The van der Waals surface area contributed by atoms with Gasteiger partial charge in [0, 0.05) is 17.8 Å². The topological polar surface area (TPSA) is 12.0 Å². The van der Waals surface area contributed by atoms with Gasteiger partial charge in [-0.05, 0) is 37.5 Å². The summed E-state index contributed by atoms with van der Waals surface area (Å²) in [6.07, 6.45) is 3.31. The Labute approximate surface area is 85.8 Å². The number of fused-ring (bicyclic) bond motifs is 1. The molecule has 0 aliphatic carbocycles. The van der Waals surface area contributed by atoms with Crippen LogP contribution in [0.5, 0.6) is 0 Å². The lowest BCUT2D eigenvalue weighted by Gasteiger charge is -2.08. The first-order valence-electron chi connectivity index (χ1n) is 5.29. The number of hydrogen-bond acceptors (Lipinski definition) is 1. The van der Waals surface area contributed by atoms with Crippen LogP contribution in [0.3, 0.4) is 0 Å². The molecule has 74 valence electrons. The van der Waals surface area contributed by atoms with Crippen LogP contribution in [0, 0.1) is 6.92 Å². The van der Waals surface area contributed by atoms with Gasteiger partial charge in [-0.15, -0.1) is 0 Å². The zero-order valence-corrected chi connectivity index (χ0v) is 9.15. The van der Waals surface area contributed by atoms with Crippen molar-refractivity contribution in [2.75, 3.05) is 11.9 Å². The maximum Gasteiger partial charge on any atom is 0.0452 e. The third-order valence-electron chi connectivity index (χ3n) is 2.90. The van der Waals surface area contributed by atoms with Gasteiger partial charge in [0.25, 0.3) is 0 Å². The Balaban J connectivity index is 2.61. The fourth-order valence-electron chi connectivity index (χ4n) is 2.14. The van der Waals surface area contributed by atoms with E-state index in [1.165, 1.54) is 28.0 Å². The minimum absolute atomic E-state index is 0.988. The monoisotopic (exact) mass is 187 g/mol. The summed E-state index contributed by atoms with van der Waals surface area (Å²) in [5.74, 6) is 0. The van der Waals surface area contributed by atoms with E-state index in [9.17, 15) is 0 Å². The molecular weight excluding hydrogens is 170 g/mol.